The number of amides is 1. The minimum absolute atomic E-state index is 0.121. The molecule has 4 aromatic rings. The van der Waals surface area contributed by atoms with Gasteiger partial charge in [-0.3, -0.25) is 4.79 Å². The maximum atomic E-state index is 14.6. The monoisotopic (exact) mass is 651 g/mol. The molecule has 244 valence electrons. The van der Waals surface area contributed by atoms with Crippen molar-refractivity contribution in [3.63, 3.8) is 0 Å². The second-order valence-corrected chi connectivity index (χ2v) is 15.6. The van der Waals surface area contributed by atoms with E-state index >= 15 is 0 Å². The van der Waals surface area contributed by atoms with Gasteiger partial charge in [0.2, 0.25) is 10.0 Å². The number of anilines is 1. The number of allylic oxidation sites excluding steroid dienone is 3. The molecule has 2 aromatic heterocycles. The SMILES string of the molecule is Cc1cc(C2=C[C@](C)(S(=O)(=O)n3cc(-c4ccc(C(=O)N5CCC(O)C5)cc4)c4cccnc43)CC=C2)ccc1N1CCN(C)CC1. The second kappa shape index (κ2) is 12.1. The molecule has 2 saturated heterocycles. The topological polar surface area (TPSA) is 99.0 Å². The van der Waals surface area contributed by atoms with E-state index in [9.17, 15) is 18.3 Å². The number of likely N-dealkylation sites (tertiary alicyclic amines) is 1. The van der Waals surface area contributed by atoms with Crippen LogP contribution in [-0.2, 0) is 10.0 Å². The fraction of sp³-hybridized carbons (Fsp3) is 0.351. The van der Waals surface area contributed by atoms with Gasteiger partial charge in [0.25, 0.3) is 5.91 Å². The van der Waals surface area contributed by atoms with Crippen LogP contribution in [0.1, 0.15) is 41.3 Å². The number of carbonyl (C=O) groups is 1. The van der Waals surface area contributed by atoms with Crippen molar-refractivity contribution in [2.45, 2.75) is 37.5 Å². The van der Waals surface area contributed by atoms with Crippen molar-refractivity contribution in [3.8, 4) is 11.1 Å². The Bertz CT molecular complexity index is 2010. The van der Waals surface area contributed by atoms with Gasteiger partial charge in [-0.1, -0.05) is 36.4 Å². The van der Waals surface area contributed by atoms with Crippen molar-refractivity contribution < 1.29 is 18.3 Å². The zero-order chi connectivity index (χ0) is 32.9. The molecule has 0 spiro atoms. The molecule has 0 radical (unpaired) electrons. The van der Waals surface area contributed by atoms with Crippen LogP contribution in [0.5, 0.6) is 0 Å². The summed E-state index contributed by atoms with van der Waals surface area (Å²) in [5, 5.41) is 10.6. The molecule has 4 heterocycles. The van der Waals surface area contributed by atoms with E-state index in [4.69, 9.17) is 0 Å². The van der Waals surface area contributed by atoms with Crippen molar-refractivity contribution in [2.24, 2.45) is 0 Å². The van der Waals surface area contributed by atoms with Gasteiger partial charge in [-0.05, 0) is 92.4 Å². The van der Waals surface area contributed by atoms with Gasteiger partial charge in [0, 0.05) is 73.9 Å². The Morgan fingerprint density at radius 3 is 2.45 bits per heavy atom. The van der Waals surface area contributed by atoms with E-state index in [2.05, 4.69) is 47.0 Å². The highest BCUT2D eigenvalue weighted by Crippen LogP contribution is 2.39. The van der Waals surface area contributed by atoms with Gasteiger partial charge in [0.1, 0.15) is 4.75 Å². The first-order chi connectivity index (χ1) is 22.5. The highest BCUT2D eigenvalue weighted by molar-refractivity contribution is 7.91. The van der Waals surface area contributed by atoms with Crippen molar-refractivity contribution in [1.29, 1.82) is 0 Å². The summed E-state index contributed by atoms with van der Waals surface area (Å²) in [6.07, 6.45) is 9.56. The first-order valence-corrected chi connectivity index (χ1v) is 17.7. The number of nitrogens with zero attached hydrogens (tertiary/aromatic N) is 5. The summed E-state index contributed by atoms with van der Waals surface area (Å²) < 4.78 is 29.3. The highest BCUT2D eigenvalue weighted by Gasteiger charge is 2.41. The lowest BCUT2D eigenvalue weighted by atomic mass is 9.92. The minimum atomic E-state index is -3.97. The number of aromatic nitrogens is 2. The maximum absolute atomic E-state index is 14.6. The fourth-order valence-corrected chi connectivity index (χ4v) is 8.67. The van der Waals surface area contributed by atoms with Gasteiger partial charge >= 0.3 is 0 Å². The Kier molecular flexibility index (Phi) is 8.06. The van der Waals surface area contributed by atoms with Crippen LogP contribution >= 0.6 is 0 Å². The molecule has 0 bridgehead atoms. The fourth-order valence-electron chi connectivity index (χ4n) is 7.02. The molecule has 1 aliphatic carbocycles. The molecule has 7 rings (SSSR count). The van der Waals surface area contributed by atoms with Gasteiger partial charge < -0.3 is 19.8 Å². The van der Waals surface area contributed by atoms with Crippen molar-refractivity contribution in [3.05, 3.63) is 102 Å². The summed E-state index contributed by atoms with van der Waals surface area (Å²) in [5.41, 5.74) is 6.68. The van der Waals surface area contributed by atoms with Crippen LogP contribution in [0.3, 0.4) is 0 Å². The summed E-state index contributed by atoms with van der Waals surface area (Å²) in [6, 6.07) is 17.3. The van der Waals surface area contributed by atoms with E-state index < -0.39 is 20.9 Å². The molecule has 2 fully saturated rings. The summed E-state index contributed by atoms with van der Waals surface area (Å²) in [5.74, 6) is -0.121. The lowest BCUT2D eigenvalue weighted by Gasteiger charge is -2.35. The summed E-state index contributed by atoms with van der Waals surface area (Å²) >= 11 is 0. The van der Waals surface area contributed by atoms with Gasteiger partial charge in [-0.2, -0.15) is 0 Å². The zero-order valence-electron chi connectivity index (χ0n) is 27.1. The third kappa shape index (κ3) is 5.68. The average Bonchev–Trinajstić information content (AvgIpc) is 3.69. The third-order valence-corrected chi connectivity index (χ3v) is 12.2. The Morgan fingerprint density at radius 2 is 1.74 bits per heavy atom. The minimum Gasteiger partial charge on any atom is -0.391 e. The Morgan fingerprint density at radius 1 is 1.00 bits per heavy atom. The van der Waals surface area contributed by atoms with E-state index in [1.807, 2.05) is 36.4 Å². The first kappa shape index (κ1) is 31.4. The zero-order valence-corrected chi connectivity index (χ0v) is 27.9. The number of piperazine rings is 1. The van der Waals surface area contributed by atoms with Gasteiger partial charge in [-0.25, -0.2) is 17.4 Å². The molecular formula is C37H41N5O4S. The number of fused-ring (bicyclic) bond motifs is 1. The Labute approximate surface area is 276 Å². The van der Waals surface area contributed by atoms with Gasteiger partial charge in [-0.15, -0.1) is 0 Å². The van der Waals surface area contributed by atoms with Crippen molar-refractivity contribution in [1.82, 2.24) is 18.8 Å². The molecule has 2 aliphatic heterocycles. The number of aryl methyl sites for hydroxylation is 1. The molecule has 1 unspecified atom stereocenters. The van der Waals surface area contributed by atoms with Crippen LogP contribution in [-0.4, -0.2) is 95.4 Å². The quantitative estimate of drug-likeness (QED) is 0.315. The maximum Gasteiger partial charge on any atom is 0.253 e. The number of aliphatic hydroxyl groups excluding tert-OH is 1. The Hall–Kier alpha value is -4.25. The number of hydrogen-bond acceptors (Lipinski definition) is 7. The van der Waals surface area contributed by atoms with Crippen molar-refractivity contribution >= 4 is 38.2 Å². The molecule has 1 N–H and O–H groups in total. The van der Waals surface area contributed by atoms with E-state index in [-0.39, 0.29) is 5.91 Å². The summed E-state index contributed by atoms with van der Waals surface area (Å²) in [7, 11) is -1.81. The average molecular weight is 652 g/mol. The molecule has 0 saturated carbocycles. The van der Waals surface area contributed by atoms with E-state index in [0.717, 1.165) is 48.4 Å². The molecule has 10 heteroatoms. The predicted molar refractivity (Wildman–Crippen MR) is 187 cm³/mol. The van der Waals surface area contributed by atoms with Gasteiger partial charge in [0.05, 0.1) is 6.10 Å². The van der Waals surface area contributed by atoms with Crippen molar-refractivity contribution in [2.75, 3.05) is 51.2 Å². The molecular weight excluding hydrogens is 611 g/mol. The number of carbonyl (C=O) groups excluding carboxylic acids is 1. The molecule has 2 aromatic carbocycles. The van der Waals surface area contributed by atoms with Gasteiger partial charge in [0.15, 0.2) is 5.65 Å². The van der Waals surface area contributed by atoms with E-state index in [1.165, 1.54) is 15.2 Å². The molecule has 9 nitrogen and oxygen atoms in total. The smallest absolute Gasteiger partial charge is 0.253 e. The number of rotatable bonds is 6. The van der Waals surface area contributed by atoms with Crippen LogP contribution < -0.4 is 4.90 Å². The van der Waals surface area contributed by atoms with Crippen LogP contribution in [0.15, 0.2) is 85.2 Å². The second-order valence-electron chi connectivity index (χ2n) is 13.3. The highest BCUT2D eigenvalue weighted by atomic mass is 32.2. The van der Waals surface area contributed by atoms with Crippen LogP contribution in [0.4, 0.5) is 5.69 Å². The van der Waals surface area contributed by atoms with Crippen LogP contribution in [0.25, 0.3) is 27.7 Å². The normalized spacial score (nSPS) is 22.2. The number of pyridine rings is 1. The first-order valence-electron chi connectivity index (χ1n) is 16.3. The van der Waals surface area contributed by atoms with E-state index in [1.54, 1.807) is 42.4 Å². The lowest BCUT2D eigenvalue weighted by Crippen LogP contribution is -2.44. The standard InChI is InChI=1S/C37H41N5O4S/c1-26-22-29(12-13-34(26)40-20-18-39(3)19-21-40)30-6-4-15-37(2,23-30)47(45,46)42-25-33(32-7-5-16-38-35(32)42)27-8-10-28(11-9-27)36(44)41-17-14-31(43)24-41/h4-13,16,22-23,25,31,43H,14-15,17-21,24H2,1-3H3/t31?,37-/m1/s1. The molecule has 47 heavy (non-hydrogen) atoms. The number of β-amino-alcohol motifs (C(OH)–C–C–N with tert-alkyl or cyclic N) is 1. The molecule has 2 atom stereocenters. The van der Waals surface area contributed by atoms with Crippen LogP contribution in [0, 0.1) is 6.92 Å². The molecule has 3 aliphatic rings. The summed E-state index contributed by atoms with van der Waals surface area (Å²) in [6.45, 7) is 8.81. The number of hydrogen-bond donors (Lipinski definition) is 1. The third-order valence-electron chi connectivity index (χ3n) is 9.93. The van der Waals surface area contributed by atoms with E-state index in [0.29, 0.717) is 42.5 Å². The largest absolute Gasteiger partial charge is 0.391 e. The number of aliphatic hydroxyl groups is 1. The lowest BCUT2D eigenvalue weighted by molar-refractivity contribution is 0.0765. The predicted octanol–water partition coefficient (Wildman–Crippen LogP) is 4.95. The summed E-state index contributed by atoms with van der Waals surface area (Å²) in [4.78, 5) is 23.9. The molecule has 1 amide bonds. The number of benzene rings is 2. The van der Waals surface area contributed by atoms with Crippen LogP contribution in [0.2, 0.25) is 0 Å². The number of likely N-dealkylation sites (N-methyl/N-ethyl adjacent to an activating group) is 1. The Balaban J connectivity index is 1.20.